The molecule has 0 bridgehead atoms. The Kier molecular flexibility index (Phi) is 1.77. The standard InChI is InChI=1S/C11H13N3.H2/c1-2-5-9-8(4-1)13-11(14-9)10-6-3-7-12-10;/h1-2,4-5,10,12H,3,6-7H2,(H,13,14);1H. The van der Waals surface area contributed by atoms with Crippen LogP contribution >= 0.6 is 0 Å². The van der Waals surface area contributed by atoms with Gasteiger partial charge in [0.05, 0.1) is 17.1 Å². The predicted octanol–water partition coefficient (Wildman–Crippen LogP) is 2.23. The normalized spacial score (nSPS) is 21.9. The Morgan fingerprint density at radius 3 is 3.07 bits per heavy atom. The van der Waals surface area contributed by atoms with Crippen molar-refractivity contribution in [3.05, 3.63) is 30.1 Å². The van der Waals surface area contributed by atoms with Crippen LogP contribution in [-0.4, -0.2) is 16.5 Å². The molecule has 0 amide bonds. The molecule has 1 aliphatic rings. The number of H-pyrrole nitrogens is 1. The van der Waals surface area contributed by atoms with Gasteiger partial charge >= 0.3 is 0 Å². The first-order chi connectivity index (χ1) is 6.93. The van der Waals surface area contributed by atoms with Crippen LogP contribution in [0.5, 0.6) is 0 Å². The molecule has 3 heteroatoms. The summed E-state index contributed by atoms with van der Waals surface area (Å²) in [6.07, 6.45) is 2.45. The maximum atomic E-state index is 4.58. The monoisotopic (exact) mass is 189 g/mol. The highest BCUT2D eigenvalue weighted by molar-refractivity contribution is 5.74. The van der Waals surface area contributed by atoms with Crippen LogP contribution in [0.1, 0.15) is 26.1 Å². The maximum Gasteiger partial charge on any atom is 0.124 e. The lowest BCUT2D eigenvalue weighted by Gasteiger charge is -2.04. The quantitative estimate of drug-likeness (QED) is 0.722. The van der Waals surface area contributed by atoms with Crippen molar-refractivity contribution in [3.63, 3.8) is 0 Å². The Morgan fingerprint density at radius 1 is 1.36 bits per heavy atom. The highest BCUT2D eigenvalue weighted by Gasteiger charge is 2.18. The van der Waals surface area contributed by atoms with Crippen LogP contribution in [0.25, 0.3) is 11.0 Å². The molecule has 0 aliphatic carbocycles. The fourth-order valence-corrected chi connectivity index (χ4v) is 2.06. The van der Waals surface area contributed by atoms with Crippen molar-refractivity contribution in [1.29, 1.82) is 0 Å². The number of aromatic amines is 1. The number of hydrogen-bond acceptors (Lipinski definition) is 2. The van der Waals surface area contributed by atoms with Gasteiger partial charge in [0.15, 0.2) is 0 Å². The first kappa shape index (κ1) is 8.00. The largest absolute Gasteiger partial charge is 0.341 e. The first-order valence-corrected chi connectivity index (χ1v) is 5.11. The van der Waals surface area contributed by atoms with E-state index in [0.717, 1.165) is 23.4 Å². The summed E-state index contributed by atoms with van der Waals surface area (Å²) in [5.41, 5.74) is 2.20. The highest BCUT2D eigenvalue weighted by atomic mass is 15.0. The van der Waals surface area contributed by atoms with Crippen LogP contribution in [0.2, 0.25) is 0 Å². The molecule has 2 aromatic rings. The van der Waals surface area contributed by atoms with Crippen LogP contribution < -0.4 is 5.32 Å². The lowest BCUT2D eigenvalue weighted by atomic mass is 10.2. The Labute approximate surface area is 84.0 Å². The third kappa shape index (κ3) is 1.21. The number of nitrogens with one attached hydrogen (secondary N) is 2. The van der Waals surface area contributed by atoms with E-state index in [2.05, 4.69) is 21.4 Å². The van der Waals surface area contributed by atoms with Gasteiger partial charge in [-0.25, -0.2) is 4.98 Å². The van der Waals surface area contributed by atoms with E-state index in [1.54, 1.807) is 0 Å². The van der Waals surface area contributed by atoms with Crippen LogP contribution in [-0.2, 0) is 0 Å². The molecular weight excluding hydrogens is 174 g/mol. The minimum absolute atomic E-state index is 0. The number of para-hydroxylation sites is 2. The van der Waals surface area contributed by atoms with Crippen molar-refractivity contribution >= 4 is 11.0 Å². The van der Waals surface area contributed by atoms with Crippen LogP contribution in [0.4, 0.5) is 0 Å². The Balaban J connectivity index is 0.000000853. The third-order valence-corrected chi connectivity index (χ3v) is 2.80. The zero-order valence-corrected chi connectivity index (χ0v) is 7.96. The number of fused-ring (bicyclic) bond motifs is 1. The average molecular weight is 189 g/mol. The van der Waals surface area contributed by atoms with E-state index in [-0.39, 0.29) is 1.43 Å². The van der Waals surface area contributed by atoms with Crippen LogP contribution in [0.3, 0.4) is 0 Å². The molecule has 1 fully saturated rings. The predicted molar refractivity (Wildman–Crippen MR) is 58.2 cm³/mol. The first-order valence-electron chi connectivity index (χ1n) is 5.11. The molecule has 3 nitrogen and oxygen atoms in total. The number of hydrogen-bond donors (Lipinski definition) is 2. The van der Waals surface area contributed by atoms with Gasteiger partial charge in [0.25, 0.3) is 0 Å². The van der Waals surface area contributed by atoms with E-state index >= 15 is 0 Å². The molecule has 1 aromatic heterocycles. The second kappa shape index (κ2) is 3.10. The average Bonchev–Trinajstić information content (AvgIpc) is 2.86. The number of aromatic nitrogens is 2. The molecule has 1 atom stereocenters. The van der Waals surface area contributed by atoms with Crippen molar-refractivity contribution in [1.82, 2.24) is 15.3 Å². The number of nitrogens with zero attached hydrogens (tertiary/aromatic N) is 1. The fourth-order valence-electron chi connectivity index (χ4n) is 2.06. The van der Waals surface area contributed by atoms with E-state index in [1.165, 1.54) is 12.8 Å². The molecular formula is C11H15N3. The summed E-state index contributed by atoms with van der Waals surface area (Å²) >= 11 is 0. The van der Waals surface area contributed by atoms with Gasteiger partial charge in [-0.15, -0.1) is 0 Å². The van der Waals surface area contributed by atoms with E-state index in [9.17, 15) is 0 Å². The van der Waals surface area contributed by atoms with Gasteiger partial charge < -0.3 is 10.3 Å². The smallest absolute Gasteiger partial charge is 0.124 e. The van der Waals surface area contributed by atoms with Crippen LogP contribution in [0, 0.1) is 0 Å². The van der Waals surface area contributed by atoms with Crippen molar-refractivity contribution in [2.24, 2.45) is 0 Å². The van der Waals surface area contributed by atoms with Gasteiger partial charge in [-0.05, 0) is 31.5 Å². The molecule has 3 rings (SSSR count). The fraction of sp³-hybridized carbons (Fsp3) is 0.364. The van der Waals surface area contributed by atoms with Gasteiger partial charge in [-0.1, -0.05) is 12.1 Å². The maximum absolute atomic E-state index is 4.58. The van der Waals surface area contributed by atoms with Crippen molar-refractivity contribution in [2.75, 3.05) is 6.54 Å². The van der Waals surface area contributed by atoms with Crippen molar-refractivity contribution < 1.29 is 1.43 Å². The van der Waals surface area contributed by atoms with Gasteiger partial charge in [0.1, 0.15) is 5.82 Å². The molecule has 0 saturated carbocycles. The summed E-state index contributed by atoms with van der Waals surface area (Å²) in [5.74, 6) is 1.09. The SMILES string of the molecule is [HH].c1ccc2[nH]c(C3CCCN3)nc2c1. The minimum Gasteiger partial charge on any atom is -0.341 e. The molecule has 74 valence electrons. The molecule has 1 aliphatic heterocycles. The van der Waals surface area contributed by atoms with E-state index in [1.807, 2.05) is 18.2 Å². The van der Waals surface area contributed by atoms with E-state index < -0.39 is 0 Å². The van der Waals surface area contributed by atoms with Crippen LogP contribution in [0.15, 0.2) is 24.3 Å². The summed E-state index contributed by atoms with van der Waals surface area (Å²) < 4.78 is 0. The molecule has 1 unspecified atom stereocenters. The van der Waals surface area contributed by atoms with Crippen molar-refractivity contribution in [2.45, 2.75) is 18.9 Å². The van der Waals surface area contributed by atoms with Gasteiger partial charge in [-0.2, -0.15) is 0 Å². The molecule has 1 saturated heterocycles. The van der Waals surface area contributed by atoms with Gasteiger partial charge in [0.2, 0.25) is 0 Å². The molecule has 2 heterocycles. The summed E-state index contributed by atoms with van der Waals surface area (Å²) in [5, 5.41) is 3.44. The third-order valence-electron chi connectivity index (χ3n) is 2.80. The number of rotatable bonds is 1. The van der Waals surface area contributed by atoms with Gasteiger partial charge in [-0.3, -0.25) is 0 Å². The van der Waals surface area contributed by atoms with E-state index in [0.29, 0.717) is 6.04 Å². The minimum atomic E-state index is 0. The van der Waals surface area contributed by atoms with Gasteiger partial charge in [0, 0.05) is 1.43 Å². The molecule has 0 radical (unpaired) electrons. The lowest BCUT2D eigenvalue weighted by Crippen LogP contribution is -2.13. The Morgan fingerprint density at radius 2 is 2.29 bits per heavy atom. The summed E-state index contributed by atoms with van der Waals surface area (Å²) in [4.78, 5) is 7.94. The summed E-state index contributed by atoms with van der Waals surface area (Å²) in [7, 11) is 0. The Hall–Kier alpha value is -1.35. The molecule has 1 aromatic carbocycles. The molecule has 14 heavy (non-hydrogen) atoms. The topological polar surface area (TPSA) is 40.7 Å². The van der Waals surface area contributed by atoms with Crippen molar-refractivity contribution in [3.8, 4) is 0 Å². The second-order valence-electron chi connectivity index (χ2n) is 3.79. The summed E-state index contributed by atoms with van der Waals surface area (Å²) in [6, 6.07) is 8.61. The molecule has 0 spiro atoms. The lowest BCUT2D eigenvalue weighted by molar-refractivity contribution is 0.614. The zero-order valence-electron chi connectivity index (χ0n) is 7.96. The highest BCUT2D eigenvalue weighted by Crippen LogP contribution is 2.22. The summed E-state index contributed by atoms with van der Waals surface area (Å²) in [6.45, 7) is 1.11. The van der Waals surface area contributed by atoms with E-state index in [4.69, 9.17) is 0 Å². The zero-order chi connectivity index (χ0) is 9.38. The number of benzene rings is 1. The Bertz CT molecular complexity index is 413. The number of imidazole rings is 1. The second-order valence-corrected chi connectivity index (χ2v) is 3.79. The molecule has 2 N–H and O–H groups in total.